The molecule has 0 saturated carbocycles. The van der Waals surface area contributed by atoms with Crippen molar-refractivity contribution < 1.29 is 9.90 Å². The number of aromatic carboxylic acids is 1. The molecule has 1 N–H and O–H groups in total. The third-order valence-electron chi connectivity index (χ3n) is 3.33. The van der Waals surface area contributed by atoms with Gasteiger partial charge in [-0.3, -0.25) is 9.58 Å². The Balaban J connectivity index is 2.07. The zero-order valence-corrected chi connectivity index (χ0v) is 10.6. The van der Waals surface area contributed by atoms with Gasteiger partial charge in [-0.25, -0.2) is 4.79 Å². The van der Waals surface area contributed by atoms with E-state index < -0.39 is 5.97 Å². The van der Waals surface area contributed by atoms with Crippen LogP contribution in [0.1, 0.15) is 43.6 Å². The fraction of sp³-hybridized carbons (Fsp3) is 0.667. The predicted molar refractivity (Wildman–Crippen MR) is 64.2 cm³/mol. The van der Waals surface area contributed by atoms with E-state index in [1.54, 1.807) is 10.9 Å². The molecule has 1 aromatic rings. The smallest absolute Gasteiger partial charge is 0.338 e. The lowest BCUT2D eigenvalue weighted by atomic mass is 10.1. The van der Waals surface area contributed by atoms with Gasteiger partial charge >= 0.3 is 5.97 Å². The van der Waals surface area contributed by atoms with E-state index in [0.29, 0.717) is 6.04 Å². The fourth-order valence-corrected chi connectivity index (χ4v) is 2.22. The Kier molecular flexibility index (Phi) is 2.95. The summed E-state index contributed by atoms with van der Waals surface area (Å²) < 4.78 is 1.79. The second kappa shape index (κ2) is 4.14. The van der Waals surface area contributed by atoms with Crippen LogP contribution in [0.3, 0.4) is 0 Å². The predicted octanol–water partition coefficient (Wildman–Crippen LogP) is 1.63. The van der Waals surface area contributed by atoms with E-state index in [1.165, 1.54) is 6.20 Å². The van der Waals surface area contributed by atoms with Crippen molar-refractivity contribution in [1.82, 2.24) is 14.7 Å². The van der Waals surface area contributed by atoms with Gasteiger partial charge in [-0.05, 0) is 27.2 Å². The third kappa shape index (κ3) is 2.49. The van der Waals surface area contributed by atoms with E-state index in [9.17, 15) is 4.79 Å². The molecule has 1 fully saturated rings. The van der Waals surface area contributed by atoms with Gasteiger partial charge in [0.05, 0.1) is 17.8 Å². The van der Waals surface area contributed by atoms with Gasteiger partial charge < -0.3 is 5.11 Å². The highest BCUT2D eigenvalue weighted by molar-refractivity contribution is 5.86. The lowest BCUT2D eigenvalue weighted by Crippen LogP contribution is -2.39. The molecule has 5 heteroatoms. The van der Waals surface area contributed by atoms with Crippen LogP contribution in [-0.2, 0) is 0 Å². The highest BCUT2D eigenvalue weighted by atomic mass is 16.4. The molecule has 0 aromatic carbocycles. The molecule has 0 amide bonds. The maximum Gasteiger partial charge on any atom is 0.338 e. The first-order valence-corrected chi connectivity index (χ1v) is 5.90. The van der Waals surface area contributed by atoms with Crippen molar-refractivity contribution in [3.63, 3.8) is 0 Å². The number of likely N-dealkylation sites (tertiary alicyclic amines) is 1. The quantitative estimate of drug-likeness (QED) is 0.849. The maximum absolute atomic E-state index is 10.8. The molecule has 2 heterocycles. The molecular weight excluding hydrogens is 218 g/mol. The van der Waals surface area contributed by atoms with Gasteiger partial charge in [0.25, 0.3) is 0 Å². The minimum Gasteiger partial charge on any atom is -0.478 e. The van der Waals surface area contributed by atoms with Crippen molar-refractivity contribution in [2.75, 3.05) is 13.1 Å². The van der Waals surface area contributed by atoms with Gasteiger partial charge in [0.1, 0.15) is 0 Å². The molecular formula is C12H19N3O2. The summed E-state index contributed by atoms with van der Waals surface area (Å²) in [6.07, 6.45) is 4.07. The van der Waals surface area contributed by atoms with Crippen LogP contribution in [-0.4, -0.2) is 44.4 Å². The number of carboxylic acid groups (broad SMARTS) is 1. The first-order chi connectivity index (χ1) is 7.88. The molecule has 0 aliphatic carbocycles. The van der Waals surface area contributed by atoms with Crippen LogP contribution < -0.4 is 0 Å². The van der Waals surface area contributed by atoms with Crippen LogP contribution in [0.15, 0.2) is 12.4 Å². The molecule has 1 aliphatic heterocycles. The minimum absolute atomic E-state index is 0.164. The Hall–Kier alpha value is -1.36. The monoisotopic (exact) mass is 237 g/mol. The molecule has 2 rings (SSSR count). The fourth-order valence-electron chi connectivity index (χ4n) is 2.22. The van der Waals surface area contributed by atoms with Crippen molar-refractivity contribution in [2.45, 2.75) is 38.8 Å². The van der Waals surface area contributed by atoms with E-state index in [-0.39, 0.29) is 11.1 Å². The van der Waals surface area contributed by atoms with Crippen molar-refractivity contribution in [1.29, 1.82) is 0 Å². The Morgan fingerprint density at radius 3 is 2.71 bits per heavy atom. The summed E-state index contributed by atoms with van der Waals surface area (Å²) in [5, 5.41) is 13.0. The number of nitrogens with zero attached hydrogens (tertiary/aromatic N) is 3. The van der Waals surface area contributed by atoms with Crippen LogP contribution in [0.2, 0.25) is 0 Å². The molecule has 5 nitrogen and oxygen atoms in total. The van der Waals surface area contributed by atoms with Crippen molar-refractivity contribution in [3.05, 3.63) is 18.0 Å². The molecule has 0 radical (unpaired) electrons. The summed E-state index contributed by atoms with van der Waals surface area (Å²) in [6.45, 7) is 8.56. The van der Waals surface area contributed by atoms with Gasteiger partial charge in [-0.2, -0.15) is 5.10 Å². The molecule has 0 spiro atoms. The minimum atomic E-state index is -0.915. The molecule has 1 atom stereocenters. The van der Waals surface area contributed by atoms with E-state index in [2.05, 4.69) is 30.8 Å². The molecule has 17 heavy (non-hydrogen) atoms. The highest BCUT2D eigenvalue weighted by Crippen LogP contribution is 2.27. The largest absolute Gasteiger partial charge is 0.478 e. The number of rotatable bonds is 2. The molecule has 1 unspecified atom stereocenters. The van der Waals surface area contributed by atoms with Crippen LogP contribution >= 0.6 is 0 Å². The van der Waals surface area contributed by atoms with Crippen molar-refractivity contribution in [2.24, 2.45) is 0 Å². The average molecular weight is 237 g/mol. The van der Waals surface area contributed by atoms with Crippen LogP contribution in [0, 0.1) is 0 Å². The lowest BCUT2D eigenvalue weighted by Gasteiger charge is -2.31. The van der Waals surface area contributed by atoms with Gasteiger partial charge in [0.15, 0.2) is 0 Å². The normalized spacial score (nSPS) is 21.9. The lowest BCUT2D eigenvalue weighted by molar-refractivity contribution is 0.0696. The molecule has 1 aromatic heterocycles. The summed E-state index contributed by atoms with van der Waals surface area (Å²) >= 11 is 0. The Bertz CT molecular complexity index is 420. The average Bonchev–Trinajstić information content (AvgIpc) is 2.85. The first-order valence-electron chi connectivity index (χ1n) is 5.90. The SMILES string of the molecule is CC(C)(C)N1CCC(n2cc(C(=O)O)cn2)C1. The summed E-state index contributed by atoms with van der Waals surface area (Å²) in [7, 11) is 0. The number of aromatic nitrogens is 2. The first kappa shape index (κ1) is 12.1. The standard InChI is InChI=1S/C12H19N3O2/c1-12(2,3)14-5-4-10(8-14)15-7-9(6-13-15)11(16)17/h6-7,10H,4-5,8H2,1-3H3,(H,16,17). The molecule has 0 bridgehead atoms. The van der Waals surface area contributed by atoms with Gasteiger partial charge in [0.2, 0.25) is 0 Å². The Morgan fingerprint density at radius 2 is 2.24 bits per heavy atom. The van der Waals surface area contributed by atoms with Crippen LogP contribution in [0.4, 0.5) is 0 Å². The van der Waals surface area contributed by atoms with Crippen LogP contribution in [0.5, 0.6) is 0 Å². The highest BCUT2D eigenvalue weighted by Gasteiger charge is 2.31. The Morgan fingerprint density at radius 1 is 1.53 bits per heavy atom. The topological polar surface area (TPSA) is 58.4 Å². The zero-order chi connectivity index (χ0) is 12.6. The summed E-state index contributed by atoms with van der Waals surface area (Å²) in [6, 6.07) is 0.294. The third-order valence-corrected chi connectivity index (χ3v) is 3.33. The Labute approximate surface area is 101 Å². The van der Waals surface area contributed by atoms with E-state index in [1.807, 2.05) is 0 Å². The van der Waals surface area contributed by atoms with Crippen molar-refractivity contribution in [3.8, 4) is 0 Å². The maximum atomic E-state index is 10.8. The molecule has 1 saturated heterocycles. The molecule has 1 aliphatic rings. The number of hydrogen-bond donors (Lipinski definition) is 1. The second-order valence-corrected chi connectivity index (χ2v) is 5.57. The van der Waals surface area contributed by atoms with Gasteiger partial charge in [-0.1, -0.05) is 0 Å². The van der Waals surface area contributed by atoms with E-state index >= 15 is 0 Å². The number of hydrogen-bond acceptors (Lipinski definition) is 3. The summed E-state index contributed by atoms with van der Waals surface area (Å²) in [5.74, 6) is -0.915. The van der Waals surface area contributed by atoms with E-state index in [0.717, 1.165) is 19.5 Å². The zero-order valence-electron chi connectivity index (χ0n) is 10.6. The van der Waals surface area contributed by atoms with Crippen molar-refractivity contribution >= 4 is 5.97 Å². The van der Waals surface area contributed by atoms with E-state index in [4.69, 9.17) is 5.11 Å². The molecule has 94 valence electrons. The van der Waals surface area contributed by atoms with Gasteiger partial charge in [-0.15, -0.1) is 0 Å². The van der Waals surface area contributed by atoms with Gasteiger partial charge in [0, 0.05) is 24.8 Å². The summed E-state index contributed by atoms with van der Waals surface area (Å²) in [5.41, 5.74) is 0.427. The number of carboxylic acids is 1. The number of carbonyl (C=O) groups is 1. The second-order valence-electron chi connectivity index (χ2n) is 5.57. The van der Waals surface area contributed by atoms with Crippen LogP contribution in [0.25, 0.3) is 0 Å². The summed E-state index contributed by atoms with van der Waals surface area (Å²) in [4.78, 5) is 13.2.